The van der Waals surface area contributed by atoms with Gasteiger partial charge in [-0.15, -0.1) is 0 Å². The highest BCUT2D eigenvalue weighted by Crippen LogP contribution is 2.46. The van der Waals surface area contributed by atoms with Crippen LogP contribution in [-0.2, 0) is 6.54 Å². The van der Waals surface area contributed by atoms with Gasteiger partial charge in [0.1, 0.15) is 17.1 Å². The molecule has 6 nitrogen and oxygen atoms in total. The third-order valence-electron chi connectivity index (χ3n) is 5.38. The molecule has 0 bridgehead atoms. The minimum Gasteiger partial charge on any atom is -0.477 e. The number of carboxylic acid groups (broad SMARTS) is 1. The van der Waals surface area contributed by atoms with Crippen LogP contribution in [0.1, 0.15) is 17.3 Å². The lowest BCUT2D eigenvalue weighted by Crippen LogP contribution is -2.30. The highest BCUT2D eigenvalue weighted by molar-refractivity contribution is 5.93. The molecule has 1 aromatic heterocycles. The van der Waals surface area contributed by atoms with Crippen LogP contribution in [-0.4, -0.2) is 34.8 Å². The Morgan fingerprint density at radius 3 is 2.56 bits per heavy atom. The molecule has 2 fully saturated rings. The van der Waals surface area contributed by atoms with Crippen molar-refractivity contribution >= 4 is 22.6 Å². The van der Waals surface area contributed by atoms with E-state index in [0.717, 1.165) is 12.3 Å². The maximum absolute atomic E-state index is 15.2. The lowest BCUT2D eigenvalue weighted by atomic mass is 10.1. The number of aromatic carboxylic acids is 1. The minimum atomic E-state index is -1.42. The molecule has 1 saturated carbocycles. The first-order valence-corrected chi connectivity index (χ1v) is 8.14. The molecule has 0 amide bonds. The number of nitrogens with zero attached hydrogens (tertiary/aromatic N) is 2. The van der Waals surface area contributed by atoms with E-state index in [2.05, 4.69) is 0 Å². The zero-order chi connectivity index (χ0) is 18.0. The molecule has 2 unspecified atom stereocenters. The Morgan fingerprint density at radius 1 is 1.36 bits per heavy atom. The van der Waals surface area contributed by atoms with Crippen LogP contribution in [0.2, 0.25) is 0 Å². The second-order valence-electron chi connectivity index (χ2n) is 6.69. The molecular weight excluding hydrogens is 332 g/mol. The van der Waals surface area contributed by atoms with Gasteiger partial charge < -0.3 is 20.3 Å². The lowest BCUT2D eigenvalue weighted by molar-refractivity contribution is 0.0695. The average molecular weight is 349 g/mol. The molecule has 25 heavy (non-hydrogen) atoms. The summed E-state index contributed by atoms with van der Waals surface area (Å²) in [6.45, 7) is 2.90. The van der Waals surface area contributed by atoms with Crippen molar-refractivity contribution in [2.24, 2.45) is 17.6 Å². The van der Waals surface area contributed by atoms with E-state index in [0.29, 0.717) is 13.1 Å². The summed E-state index contributed by atoms with van der Waals surface area (Å²) in [5, 5.41) is 8.89. The van der Waals surface area contributed by atoms with Crippen molar-refractivity contribution in [3.63, 3.8) is 0 Å². The Balaban J connectivity index is 1.94. The Labute approximate surface area is 141 Å². The predicted octanol–water partition coefficient (Wildman–Crippen LogP) is 1.39. The molecule has 8 heteroatoms. The van der Waals surface area contributed by atoms with Crippen LogP contribution in [0.15, 0.2) is 17.1 Å². The minimum absolute atomic E-state index is 0.0706. The summed E-state index contributed by atoms with van der Waals surface area (Å²) in [7, 11) is 0. The number of carboxylic acids is 1. The van der Waals surface area contributed by atoms with E-state index >= 15 is 4.39 Å². The van der Waals surface area contributed by atoms with Crippen LogP contribution in [0.25, 0.3) is 10.9 Å². The fraction of sp³-hybridized carbons (Fsp3) is 0.412. The second kappa shape index (κ2) is 5.26. The van der Waals surface area contributed by atoms with Gasteiger partial charge in [-0.2, -0.15) is 0 Å². The van der Waals surface area contributed by atoms with E-state index in [-0.39, 0.29) is 41.0 Å². The largest absolute Gasteiger partial charge is 0.477 e. The number of rotatable bonds is 3. The van der Waals surface area contributed by atoms with Gasteiger partial charge in [0.15, 0.2) is 5.82 Å². The molecule has 2 heterocycles. The second-order valence-corrected chi connectivity index (χ2v) is 6.69. The molecule has 1 aromatic carbocycles. The molecule has 132 valence electrons. The Hall–Kier alpha value is -2.48. The van der Waals surface area contributed by atoms with Gasteiger partial charge in [-0.05, 0) is 24.8 Å². The molecule has 1 saturated heterocycles. The van der Waals surface area contributed by atoms with Gasteiger partial charge in [0.05, 0.1) is 10.9 Å². The third kappa shape index (κ3) is 2.17. The fourth-order valence-corrected chi connectivity index (χ4v) is 3.92. The summed E-state index contributed by atoms with van der Waals surface area (Å²) >= 11 is 0. The first-order valence-electron chi connectivity index (χ1n) is 8.14. The Morgan fingerprint density at radius 2 is 2.00 bits per heavy atom. The summed E-state index contributed by atoms with van der Waals surface area (Å²) < 4.78 is 31.1. The lowest BCUT2D eigenvalue weighted by Gasteiger charge is -2.24. The van der Waals surface area contributed by atoms with E-state index in [1.807, 2.05) is 0 Å². The van der Waals surface area contributed by atoms with Crippen LogP contribution in [0.5, 0.6) is 0 Å². The highest BCUT2D eigenvalue weighted by atomic mass is 19.1. The van der Waals surface area contributed by atoms with Crippen molar-refractivity contribution in [1.29, 1.82) is 0 Å². The standard InChI is InChI=1S/C17H17F2N3O3/c1-2-21-6-10(17(24)25)16(23)7-3-11(18)15(12(19)14(7)21)22-4-8-9(5-22)13(8)20/h3,6,8-9,13H,2,4-5,20H2,1H3,(H,24,25). The number of pyridine rings is 1. The molecule has 2 atom stereocenters. The van der Waals surface area contributed by atoms with E-state index in [1.165, 1.54) is 4.57 Å². The van der Waals surface area contributed by atoms with Crippen LogP contribution < -0.4 is 16.1 Å². The quantitative estimate of drug-likeness (QED) is 0.874. The van der Waals surface area contributed by atoms with Gasteiger partial charge in [-0.3, -0.25) is 4.79 Å². The molecule has 2 aromatic rings. The number of anilines is 1. The van der Waals surface area contributed by atoms with E-state index in [4.69, 9.17) is 10.8 Å². The molecule has 0 spiro atoms. The van der Waals surface area contributed by atoms with Crippen LogP contribution in [0, 0.1) is 23.5 Å². The van der Waals surface area contributed by atoms with Crippen molar-refractivity contribution < 1.29 is 18.7 Å². The number of aryl methyl sites for hydroxylation is 1. The number of halogens is 2. The summed E-state index contributed by atoms with van der Waals surface area (Å²) in [5.74, 6) is -2.62. The SMILES string of the molecule is CCn1cc(C(=O)O)c(=O)c2cc(F)c(N3CC4C(N)C4C3)c(F)c21. The first kappa shape index (κ1) is 16.0. The summed E-state index contributed by atoms with van der Waals surface area (Å²) in [5.41, 5.74) is 4.24. The van der Waals surface area contributed by atoms with Gasteiger partial charge in [-0.25, -0.2) is 13.6 Å². The topological polar surface area (TPSA) is 88.6 Å². The summed E-state index contributed by atoms with van der Waals surface area (Å²) in [6, 6.07) is 1.04. The van der Waals surface area contributed by atoms with Crippen molar-refractivity contribution in [2.45, 2.75) is 19.5 Å². The zero-order valence-electron chi connectivity index (χ0n) is 13.5. The normalized spacial score (nSPS) is 24.6. The average Bonchev–Trinajstić information content (AvgIpc) is 2.96. The van der Waals surface area contributed by atoms with Crippen LogP contribution in [0.3, 0.4) is 0 Å². The monoisotopic (exact) mass is 349 g/mol. The molecule has 0 radical (unpaired) electrons. The van der Waals surface area contributed by atoms with Crippen LogP contribution >= 0.6 is 0 Å². The number of carbonyl (C=O) groups is 1. The Bertz CT molecular complexity index is 960. The molecule has 1 aliphatic heterocycles. The van der Waals surface area contributed by atoms with E-state index < -0.39 is 28.6 Å². The highest BCUT2D eigenvalue weighted by Gasteiger charge is 2.54. The molecular formula is C17H17F2N3O3. The van der Waals surface area contributed by atoms with Gasteiger partial charge in [0, 0.05) is 31.9 Å². The number of aromatic nitrogens is 1. The molecule has 1 aliphatic carbocycles. The number of hydrogen-bond donors (Lipinski definition) is 2. The number of fused-ring (bicyclic) bond motifs is 2. The molecule has 3 N–H and O–H groups in total. The van der Waals surface area contributed by atoms with Crippen molar-refractivity contribution in [2.75, 3.05) is 18.0 Å². The van der Waals surface area contributed by atoms with Crippen molar-refractivity contribution in [1.82, 2.24) is 4.57 Å². The predicted molar refractivity (Wildman–Crippen MR) is 87.9 cm³/mol. The maximum Gasteiger partial charge on any atom is 0.341 e. The molecule has 4 rings (SSSR count). The number of hydrogen-bond acceptors (Lipinski definition) is 4. The third-order valence-corrected chi connectivity index (χ3v) is 5.38. The number of benzene rings is 1. The maximum atomic E-state index is 15.2. The van der Waals surface area contributed by atoms with Crippen LogP contribution in [0.4, 0.5) is 14.5 Å². The van der Waals surface area contributed by atoms with Gasteiger partial charge >= 0.3 is 5.97 Å². The van der Waals surface area contributed by atoms with Gasteiger partial charge in [0.2, 0.25) is 5.43 Å². The molecule has 2 aliphatic rings. The van der Waals surface area contributed by atoms with E-state index in [1.54, 1.807) is 11.8 Å². The summed E-state index contributed by atoms with van der Waals surface area (Å²) in [4.78, 5) is 25.2. The summed E-state index contributed by atoms with van der Waals surface area (Å²) in [6.07, 6.45) is 1.11. The number of nitrogens with two attached hydrogens (primary N) is 1. The van der Waals surface area contributed by atoms with Crippen molar-refractivity contribution in [3.8, 4) is 0 Å². The van der Waals surface area contributed by atoms with Gasteiger partial charge in [0.25, 0.3) is 0 Å². The van der Waals surface area contributed by atoms with E-state index in [9.17, 15) is 14.0 Å². The van der Waals surface area contributed by atoms with Crippen molar-refractivity contribution in [3.05, 3.63) is 39.7 Å². The van der Waals surface area contributed by atoms with Gasteiger partial charge in [-0.1, -0.05) is 0 Å². The smallest absolute Gasteiger partial charge is 0.341 e. The number of piperidine rings is 1. The fourth-order valence-electron chi connectivity index (χ4n) is 3.92. The zero-order valence-corrected chi connectivity index (χ0v) is 13.5. The first-order chi connectivity index (χ1) is 11.8. The Kier molecular flexibility index (Phi) is 3.37.